The molecule has 0 spiro atoms. The Kier molecular flexibility index (Phi) is 2.98. The van der Waals surface area contributed by atoms with E-state index in [0.717, 1.165) is 19.4 Å². The molecule has 4 atom stereocenters. The molecule has 4 heteroatoms. The molecule has 0 bridgehead atoms. The van der Waals surface area contributed by atoms with Gasteiger partial charge in [0.1, 0.15) is 0 Å². The fraction of sp³-hybridized carbons (Fsp3) is 0.909. The van der Waals surface area contributed by atoms with Gasteiger partial charge in [-0.2, -0.15) is 0 Å². The smallest absolute Gasteiger partial charge is 0.241 e. The van der Waals surface area contributed by atoms with E-state index in [-0.39, 0.29) is 30.3 Å². The SMILES string of the molecule is CC1NC(C)N(C(C)C2CCCO2)C1=O. The monoisotopic (exact) mass is 212 g/mol. The number of hydrogen-bond acceptors (Lipinski definition) is 3. The lowest BCUT2D eigenvalue weighted by Gasteiger charge is -2.31. The molecule has 15 heavy (non-hydrogen) atoms. The summed E-state index contributed by atoms with van der Waals surface area (Å²) < 4.78 is 5.64. The van der Waals surface area contributed by atoms with Crippen LogP contribution in [-0.4, -0.2) is 41.8 Å². The fourth-order valence-electron chi connectivity index (χ4n) is 2.64. The zero-order chi connectivity index (χ0) is 11.0. The minimum absolute atomic E-state index is 0.0520. The molecule has 0 radical (unpaired) electrons. The van der Waals surface area contributed by atoms with Gasteiger partial charge in [0, 0.05) is 6.61 Å². The Morgan fingerprint density at radius 3 is 2.73 bits per heavy atom. The maximum atomic E-state index is 11.9. The summed E-state index contributed by atoms with van der Waals surface area (Å²) in [4.78, 5) is 13.9. The van der Waals surface area contributed by atoms with Crippen LogP contribution < -0.4 is 5.32 Å². The number of carbonyl (C=O) groups is 1. The van der Waals surface area contributed by atoms with Crippen molar-refractivity contribution >= 4 is 5.91 Å². The zero-order valence-electron chi connectivity index (χ0n) is 9.69. The lowest BCUT2D eigenvalue weighted by atomic mass is 10.1. The van der Waals surface area contributed by atoms with Crippen LogP contribution >= 0.6 is 0 Å². The number of hydrogen-bond donors (Lipinski definition) is 1. The van der Waals surface area contributed by atoms with Crippen LogP contribution in [0.1, 0.15) is 33.6 Å². The third-order valence-corrected chi connectivity index (χ3v) is 3.48. The van der Waals surface area contributed by atoms with Crippen LogP contribution in [0, 0.1) is 0 Å². The van der Waals surface area contributed by atoms with Gasteiger partial charge >= 0.3 is 0 Å². The van der Waals surface area contributed by atoms with Crippen LogP contribution in [-0.2, 0) is 9.53 Å². The predicted molar refractivity (Wildman–Crippen MR) is 57.3 cm³/mol. The highest BCUT2D eigenvalue weighted by atomic mass is 16.5. The average Bonchev–Trinajstić information content (AvgIpc) is 2.76. The zero-order valence-corrected chi connectivity index (χ0v) is 9.69. The van der Waals surface area contributed by atoms with Crippen molar-refractivity contribution in [2.75, 3.05) is 6.61 Å². The molecule has 2 aliphatic rings. The molecule has 2 saturated heterocycles. The molecule has 2 aliphatic heterocycles. The quantitative estimate of drug-likeness (QED) is 0.733. The molecule has 2 fully saturated rings. The number of nitrogens with one attached hydrogen (secondary N) is 1. The van der Waals surface area contributed by atoms with Gasteiger partial charge in [0.2, 0.25) is 5.91 Å². The Morgan fingerprint density at radius 2 is 2.27 bits per heavy atom. The standard InChI is InChI=1S/C11H20N2O2/c1-7-11(14)13(9(3)12-7)8(2)10-5-4-6-15-10/h7-10,12H,4-6H2,1-3H3. The molecule has 2 rings (SSSR count). The first-order valence-corrected chi connectivity index (χ1v) is 5.81. The minimum atomic E-state index is -0.0520. The van der Waals surface area contributed by atoms with Crippen molar-refractivity contribution in [3.8, 4) is 0 Å². The largest absolute Gasteiger partial charge is 0.376 e. The highest BCUT2D eigenvalue weighted by molar-refractivity contribution is 5.84. The second kappa shape index (κ2) is 4.10. The van der Waals surface area contributed by atoms with E-state index >= 15 is 0 Å². The Labute approximate surface area is 91.0 Å². The molecule has 0 aliphatic carbocycles. The van der Waals surface area contributed by atoms with Crippen molar-refractivity contribution in [2.45, 2.75) is 58.0 Å². The van der Waals surface area contributed by atoms with E-state index in [0.29, 0.717) is 0 Å². The summed E-state index contributed by atoms with van der Waals surface area (Å²) >= 11 is 0. The number of amides is 1. The van der Waals surface area contributed by atoms with Gasteiger partial charge in [0.25, 0.3) is 0 Å². The predicted octanol–water partition coefficient (Wildman–Crippen LogP) is 0.720. The highest BCUT2D eigenvalue weighted by Crippen LogP contribution is 2.23. The second-order valence-electron chi connectivity index (χ2n) is 4.60. The molecule has 0 aromatic heterocycles. The number of rotatable bonds is 2. The summed E-state index contributed by atoms with van der Waals surface area (Å²) in [5.41, 5.74) is 0. The van der Waals surface area contributed by atoms with Crippen molar-refractivity contribution in [2.24, 2.45) is 0 Å². The van der Waals surface area contributed by atoms with Gasteiger partial charge in [-0.25, -0.2) is 0 Å². The van der Waals surface area contributed by atoms with Crippen LogP contribution in [0.5, 0.6) is 0 Å². The molecule has 4 nitrogen and oxygen atoms in total. The van der Waals surface area contributed by atoms with E-state index in [4.69, 9.17) is 4.74 Å². The van der Waals surface area contributed by atoms with Crippen molar-refractivity contribution < 1.29 is 9.53 Å². The van der Waals surface area contributed by atoms with Gasteiger partial charge in [-0.1, -0.05) is 0 Å². The third-order valence-electron chi connectivity index (χ3n) is 3.48. The highest BCUT2D eigenvalue weighted by Gasteiger charge is 2.40. The van der Waals surface area contributed by atoms with Crippen LogP contribution in [0.2, 0.25) is 0 Å². The van der Waals surface area contributed by atoms with E-state index in [1.165, 1.54) is 0 Å². The Balaban J connectivity index is 2.05. The van der Waals surface area contributed by atoms with E-state index in [9.17, 15) is 4.79 Å². The van der Waals surface area contributed by atoms with Crippen molar-refractivity contribution in [1.82, 2.24) is 10.2 Å². The first-order chi connectivity index (χ1) is 7.11. The molecule has 1 amide bonds. The number of nitrogens with zero attached hydrogens (tertiary/aromatic N) is 1. The molecule has 86 valence electrons. The first kappa shape index (κ1) is 10.9. The maximum absolute atomic E-state index is 11.9. The van der Waals surface area contributed by atoms with Gasteiger partial charge in [-0.3, -0.25) is 10.1 Å². The molecule has 1 N–H and O–H groups in total. The van der Waals surface area contributed by atoms with Crippen LogP contribution in [0.4, 0.5) is 0 Å². The summed E-state index contributed by atoms with van der Waals surface area (Å²) in [6.07, 6.45) is 2.55. The average molecular weight is 212 g/mol. The second-order valence-corrected chi connectivity index (χ2v) is 4.60. The lowest BCUT2D eigenvalue weighted by Crippen LogP contribution is -2.47. The summed E-state index contributed by atoms with van der Waals surface area (Å²) in [7, 11) is 0. The molecular weight excluding hydrogens is 192 g/mol. The Hall–Kier alpha value is -0.610. The molecule has 2 heterocycles. The topological polar surface area (TPSA) is 41.6 Å². The van der Waals surface area contributed by atoms with Crippen LogP contribution in [0.25, 0.3) is 0 Å². The molecule has 0 saturated carbocycles. The lowest BCUT2D eigenvalue weighted by molar-refractivity contribution is -0.134. The first-order valence-electron chi connectivity index (χ1n) is 5.81. The summed E-state index contributed by atoms with van der Waals surface area (Å²) in [5, 5.41) is 3.24. The maximum Gasteiger partial charge on any atom is 0.241 e. The van der Waals surface area contributed by atoms with Crippen LogP contribution in [0.15, 0.2) is 0 Å². The number of carbonyl (C=O) groups excluding carboxylic acids is 1. The van der Waals surface area contributed by atoms with Crippen molar-refractivity contribution in [3.63, 3.8) is 0 Å². The summed E-state index contributed by atoms with van der Waals surface area (Å²) in [5.74, 6) is 0.200. The fourth-order valence-corrected chi connectivity index (χ4v) is 2.64. The van der Waals surface area contributed by atoms with E-state index in [1.54, 1.807) is 0 Å². The normalized spacial score (nSPS) is 38.7. The van der Waals surface area contributed by atoms with Gasteiger partial charge in [-0.15, -0.1) is 0 Å². The summed E-state index contributed by atoms with van der Waals surface area (Å²) in [6.45, 7) is 6.88. The van der Waals surface area contributed by atoms with Gasteiger partial charge in [0.05, 0.1) is 24.4 Å². The van der Waals surface area contributed by atoms with E-state index in [2.05, 4.69) is 12.2 Å². The van der Waals surface area contributed by atoms with Gasteiger partial charge in [-0.05, 0) is 33.6 Å². The molecule has 4 unspecified atom stereocenters. The van der Waals surface area contributed by atoms with Gasteiger partial charge < -0.3 is 9.64 Å². The molecule has 0 aromatic rings. The summed E-state index contributed by atoms with van der Waals surface area (Å²) in [6, 6.07) is 0.135. The molecule has 0 aromatic carbocycles. The van der Waals surface area contributed by atoms with Crippen molar-refractivity contribution in [1.29, 1.82) is 0 Å². The van der Waals surface area contributed by atoms with E-state index < -0.39 is 0 Å². The Bertz CT molecular complexity index is 251. The van der Waals surface area contributed by atoms with Gasteiger partial charge in [0.15, 0.2) is 0 Å². The minimum Gasteiger partial charge on any atom is -0.376 e. The third kappa shape index (κ3) is 1.88. The van der Waals surface area contributed by atoms with E-state index in [1.807, 2.05) is 18.7 Å². The Morgan fingerprint density at radius 1 is 1.53 bits per heavy atom. The van der Waals surface area contributed by atoms with Crippen LogP contribution in [0.3, 0.4) is 0 Å². The molecular formula is C11H20N2O2. The van der Waals surface area contributed by atoms with Crippen molar-refractivity contribution in [3.05, 3.63) is 0 Å². The number of ether oxygens (including phenoxy) is 1.